The molecule has 0 bridgehead atoms. The van der Waals surface area contributed by atoms with E-state index in [2.05, 4.69) is 16.0 Å². The van der Waals surface area contributed by atoms with E-state index in [-0.39, 0.29) is 12.3 Å². The lowest BCUT2D eigenvalue weighted by molar-refractivity contribution is -0.144. The van der Waals surface area contributed by atoms with Crippen LogP contribution in [0.5, 0.6) is 0 Å². The lowest BCUT2D eigenvalue weighted by Gasteiger charge is -2.22. The number of rotatable bonds is 12. The third-order valence-electron chi connectivity index (χ3n) is 3.56. The molecule has 0 radical (unpaired) electrons. The SMILES string of the molecule is CC(C)CC(NC(=O)C(N)CC(=O)O)C(=O)NCC(=O)NC(C(=O)O)C(C)O. The second-order valence-corrected chi connectivity index (χ2v) is 6.74. The number of aliphatic carboxylic acids is 2. The molecule has 0 saturated heterocycles. The first kappa shape index (κ1) is 25.3. The van der Waals surface area contributed by atoms with Gasteiger partial charge in [-0.05, 0) is 19.3 Å². The van der Waals surface area contributed by atoms with E-state index in [1.54, 1.807) is 13.8 Å². The molecule has 0 rings (SSSR count). The Labute approximate surface area is 161 Å². The molecule has 0 aliphatic carbocycles. The Bertz CT molecular complexity index is 593. The van der Waals surface area contributed by atoms with Gasteiger partial charge in [0.1, 0.15) is 6.04 Å². The lowest BCUT2D eigenvalue weighted by Crippen LogP contribution is -2.55. The Morgan fingerprint density at radius 3 is 1.96 bits per heavy atom. The van der Waals surface area contributed by atoms with Crippen molar-refractivity contribution in [3.05, 3.63) is 0 Å². The quantitative estimate of drug-likeness (QED) is 0.181. The molecule has 8 N–H and O–H groups in total. The van der Waals surface area contributed by atoms with Gasteiger partial charge in [0.15, 0.2) is 6.04 Å². The molecule has 12 heteroatoms. The summed E-state index contributed by atoms with van der Waals surface area (Å²) in [6.45, 7) is 4.18. The molecule has 160 valence electrons. The Hall–Kier alpha value is -2.73. The van der Waals surface area contributed by atoms with Crippen LogP contribution in [0.4, 0.5) is 0 Å². The zero-order chi connectivity index (χ0) is 22.0. The number of carboxylic acid groups (broad SMARTS) is 2. The number of hydrogen-bond donors (Lipinski definition) is 7. The molecule has 4 unspecified atom stereocenters. The molecule has 4 atom stereocenters. The summed E-state index contributed by atoms with van der Waals surface area (Å²) in [6, 6.07) is -3.94. The number of carbonyl (C=O) groups excluding carboxylic acids is 3. The van der Waals surface area contributed by atoms with Crippen LogP contribution in [0.15, 0.2) is 0 Å². The largest absolute Gasteiger partial charge is 0.481 e. The van der Waals surface area contributed by atoms with Crippen LogP contribution in [0, 0.1) is 5.92 Å². The van der Waals surface area contributed by atoms with Gasteiger partial charge in [-0.25, -0.2) is 4.79 Å². The van der Waals surface area contributed by atoms with Crippen LogP contribution in [0.1, 0.15) is 33.6 Å². The molecule has 3 amide bonds. The first-order valence-corrected chi connectivity index (χ1v) is 8.60. The van der Waals surface area contributed by atoms with E-state index in [1.807, 2.05) is 0 Å². The standard InChI is InChI=1S/C16H28N4O8/c1-7(2)4-10(19-14(25)9(17)5-12(23)24)15(26)18-6-11(22)20-13(8(3)21)16(27)28/h7-10,13,21H,4-6,17H2,1-3H3,(H,18,26)(H,19,25)(H,20,22)(H,23,24)(H,27,28). The van der Waals surface area contributed by atoms with Crippen LogP contribution in [-0.4, -0.2) is 75.8 Å². The summed E-state index contributed by atoms with van der Waals surface area (Å²) >= 11 is 0. The molecule has 0 aliphatic rings. The molecule has 28 heavy (non-hydrogen) atoms. The minimum Gasteiger partial charge on any atom is -0.481 e. The average Bonchev–Trinajstić information content (AvgIpc) is 2.55. The summed E-state index contributed by atoms with van der Waals surface area (Å²) in [4.78, 5) is 57.6. The Morgan fingerprint density at radius 2 is 1.54 bits per heavy atom. The second kappa shape index (κ2) is 11.9. The smallest absolute Gasteiger partial charge is 0.328 e. The maximum atomic E-state index is 12.3. The van der Waals surface area contributed by atoms with Gasteiger partial charge in [0, 0.05) is 0 Å². The summed E-state index contributed by atoms with van der Waals surface area (Å²) in [6.07, 6.45) is -1.76. The number of amides is 3. The van der Waals surface area contributed by atoms with Gasteiger partial charge in [0.05, 0.1) is 25.1 Å². The summed E-state index contributed by atoms with van der Waals surface area (Å²) in [5.74, 6) is -5.12. The Morgan fingerprint density at radius 1 is 0.964 bits per heavy atom. The van der Waals surface area contributed by atoms with Crippen molar-refractivity contribution in [2.24, 2.45) is 11.7 Å². The molecule has 0 aliphatic heterocycles. The van der Waals surface area contributed by atoms with Gasteiger partial charge in [-0.1, -0.05) is 13.8 Å². The average molecular weight is 404 g/mol. The second-order valence-electron chi connectivity index (χ2n) is 6.74. The van der Waals surface area contributed by atoms with Crippen LogP contribution in [-0.2, 0) is 24.0 Å². The van der Waals surface area contributed by atoms with E-state index >= 15 is 0 Å². The summed E-state index contributed by atoms with van der Waals surface area (Å²) in [5, 5.41) is 33.6. The van der Waals surface area contributed by atoms with Crippen LogP contribution < -0.4 is 21.7 Å². The minimum atomic E-state index is -1.54. The fraction of sp³-hybridized carbons (Fsp3) is 0.688. The van der Waals surface area contributed by atoms with Gasteiger partial charge < -0.3 is 37.0 Å². The van der Waals surface area contributed by atoms with Crippen molar-refractivity contribution < 1.29 is 39.3 Å². The normalized spacial score (nSPS) is 15.1. The summed E-state index contributed by atoms with van der Waals surface area (Å²) in [5.41, 5.74) is 5.46. The van der Waals surface area contributed by atoms with E-state index in [0.29, 0.717) is 0 Å². The highest BCUT2D eigenvalue weighted by Gasteiger charge is 2.27. The Balaban J connectivity index is 4.85. The number of nitrogens with one attached hydrogen (secondary N) is 3. The zero-order valence-corrected chi connectivity index (χ0v) is 16.0. The first-order valence-electron chi connectivity index (χ1n) is 8.60. The molecule has 0 heterocycles. The highest BCUT2D eigenvalue weighted by atomic mass is 16.4. The number of aliphatic hydroxyl groups is 1. The predicted molar refractivity (Wildman–Crippen MR) is 95.9 cm³/mol. The molecule has 0 fully saturated rings. The highest BCUT2D eigenvalue weighted by Crippen LogP contribution is 2.06. The van der Waals surface area contributed by atoms with Crippen molar-refractivity contribution in [3.8, 4) is 0 Å². The molecule has 0 spiro atoms. The van der Waals surface area contributed by atoms with E-state index in [9.17, 15) is 29.1 Å². The number of nitrogens with two attached hydrogens (primary N) is 1. The van der Waals surface area contributed by atoms with E-state index in [4.69, 9.17) is 15.9 Å². The third-order valence-corrected chi connectivity index (χ3v) is 3.56. The number of aliphatic hydroxyl groups excluding tert-OH is 1. The minimum absolute atomic E-state index is 0.0211. The van der Waals surface area contributed by atoms with Crippen molar-refractivity contribution in [2.75, 3.05) is 6.54 Å². The zero-order valence-electron chi connectivity index (χ0n) is 16.0. The van der Waals surface area contributed by atoms with E-state index in [1.165, 1.54) is 6.92 Å². The van der Waals surface area contributed by atoms with Crippen molar-refractivity contribution in [3.63, 3.8) is 0 Å². The van der Waals surface area contributed by atoms with Crippen LogP contribution in [0.3, 0.4) is 0 Å². The van der Waals surface area contributed by atoms with E-state index in [0.717, 1.165) is 0 Å². The molecule has 12 nitrogen and oxygen atoms in total. The van der Waals surface area contributed by atoms with Gasteiger partial charge in [0.2, 0.25) is 17.7 Å². The molecular weight excluding hydrogens is 376 g/mol. The van der Waals surface area contributed by atoms with Crippen LogP contribution in [0.2, 0.25) is 0 Å². The first-order chi connectivity index (χ1) is 12.8. The molecule has 0 aromatic rings. The fourth-order valence-electron chi connectivity index (χ4n) is 2.17. The van der Waals surface area contributed by atoms with E-state index < -0.39 is 66.9 Å². The van der Waals surface area contributed by atoms with Gasteiger partial charge >= 0.3 is 11.9 Å². The molecule has 0 aromatic heterocycles. The number of carboxylic acids is 2. The topological polar surface area (TPSA) is 208 Å². The van der Waals surface area contributed by atoms with Crippen molar-refractivity contribution in [1.82, 2.24) is 16.0 Å². The summed E-state index contributed by atoms with van der Waals surface area (Å²) in [7, 11) is 0. The number of hydrogen-bond acceptors (Lipinski definition) is 7. The predicted octanol–water partition coefficient (Wildman–Crippen LogP) is -2.61. The van der Waals surface area contributed by atoms with Gasteiger partial charge in [-0.15, -0.1) is 0 Å². The molecule has 0 aromatic carbocycles. The van der Waals surface area contributed by atoms with Gasteiger partial charge in [-0.3, -0.25) is 19.2 Å². The van der Waals surface area contributed by atoms with Crippen molar-refractivity contribution in [2.45, 2.75) is 57.8 Å². The number of carbonyl (C=O) groups is 5. The lowest BCUT2D eigenvalue weighted by atomic mass is 10.0. The third kappa shape index (κ3) is 9.83. The van der Waals surface area contributed by atoms with Crippen LogP contribution in [0.25, 0.3) is 0 Å². The monoisotopic (exact) mass is 404 g/mol. The summed E-state index contributed by atoms with van der Waals surface area (Å²) < 4.78 is 0. The van der Waals surface area contributed by atoms with Crippen LogP contribution >= 0.6 is 0 Å². The fourth-order valence-corrected chi connectivity index (χ4v) is 2.17. The van der Waals surface area contributed by atoms with Gasteiger partial charge in [-0.2, -0.15) is 0 Å². The Kier molecular flexibility index (Phi) is 10.7. The van der Waals surface area contributed by atoms with Gasteiger partial charge in [0.25, 0.3) is 0 Å². The maximum absolute atomic E-state index is 12.3. The molecular formula is C16H28N4O8. The molecule has 0 saturated carbocycles. The van der Waals surface area contributed by atoms with Crippen molar-refractivity contribution >= 4 is 29.7 Å². The van der Waals surface area contributed by atoms with Crippen molar-refractivity contribution in [1.29, 1.82) is 0 Å². The highest BCUT2D eigenvalue weighted by molar-refractivity contribution is 5.93. The maximum Gasteiger partial charge on any atom is 0.328 e.